The highest BCUT2D eigenvalue weighted by molar-refractivity contribution is 7.80. The molecule has 3 aromatic rings. The molecule has 26 heavy (non-hydrogen) atoms. The van der Waals surface area contributed by atoms with Crippen molar-refractivity contribution in [2.75, 3.05) is 11.9 Å². The number of rotatable bonds is 6. The average molecular weight is 386 g/mol. The predicted octanol–water partition coefficient (Wildman–Crippen LogP) is 4.60. The average Bonchev–Trinajstić information content (AvgIpc) is 3.08. The number of unbranched alkanes of at least 4 members (excludes halogenated alkanes) is 1. The van der Waals surface area contributed by atoms with Crippen molar-refractivity contribution in [1.29, 1.82) is 0 Å². The minimum atomic E-state index is -0.316. The molecule has 0 fully saturated rings. The summed E-state index contributed by atoms with van der Waals surface area (Å²) in [6, 6.07) is 15.1. The molecule has 0 radical (unpaired) electrons. The van der Waals surface area contributed by atoms with Crippen molar-refractivity contribution in [2.45, 2.75) is 19.8 Å². The van der Waals surface area contributed by atoms with E-state index < -0.39 is 0 Å². The Kier molecular flexibility index (Phi) is 6.14. The highest BCUT2D eigenvalue weighted by Crippen LogP contribution is 2.21. The molecule has 0 saturated heterocycles. The number of nitrogens with zero attached hydrogens (tertiary/aromatic N) is 1. The lowest BCUT2D eigenvalue weighted by Gasteiger charge is -2.10. The Morgan fingerprint density at radius 3 is 2.69 bits per heavy atom. The lowest BCUT2D eigenvalue weighted by atomic mass is 10.3. The van der Waals surface area contributed by atoms with Crippen molar-refractivity contribution in [3.63, 3.8) is 0 Å². The van der Waals surface area contributed by atoms with E-state index in [9.17, 15) is 4.79 Å². The maximum absolute atomic E-state index is 12.3. The van der Waals surface area contributed by atoms with Gasteiger partial charge in [0, 0.05) is 5.69 Å². The Bertz CT molecular complexity index is 874. The van der Waals surface area contributed by atoms with E-state index in [0.29, 0.717) is 11.6 Å². The molecule has 5 nitrogen and oxygen atoms in total. The van der Waals surface area contributed by atoms with Gasteiger partial charge in [-0.05, 0) is 55.0 Å². The molecule has 7 heteroatoms. The van der Waals surface area contributed by atoms with Gasteiger partial charge in [0.2, 0.25) is 0 Å². The van der Waals surface area contributed by atoms with Crippen molar-refractivity contribution in [1.82, 2.24) is 10.3 Å². The van der Waals surface area contributed by atoms with Gasteiger partial charge in [0.1, 0.15) is 5.75 Å². The van der Waals surface area contributed by atoms with E-state index in [-0.39, 0.29) is 11.0 Å². The van der Waals surface area contributed by atoms with Crippen LogP contribution in [0.15, 0.2) is 48.5 Å². The van der Waals surface area contributed by atoms with Gasteiger partial charge < -0.3 is 10.1 Å². The fourth-order valence-corrected chi connectivity index (χ4v) is 3.33. The zero-order chi connectivity index (χ0) is 18.4. The fraction of sp³-hybridized carbons (Fsp3) is 0.211. The van der Waals surface area contributed by atoms with E-state index in [4.69, 9.17) is 17.0 Å². The van der Waals surface area contributed by atoms with Gasteiger partial charge >= 0.3 is 0 Å². The summed E-state index contributed by atoms with van der Waals surface area (Å²) in [6.45, 7) is 2.83. The van der Waals surface area contributed by atoms with E-state index in [2.05, 4.69) is 22.5 Å². The first kappa shape index (κ1) is 18.3. The van der Waals surface area contributed by atoms with Gasteiger partial charge in [-0.1, -0.05) is 25.5 Å². The summed E-state index contributed by atoms with van der Waals surface area (Å²) in [6.07, 6.45) is 2.13. The molecule has 0 aliphatic carbocycles. The molecule has 0 aliphatic rings. The van der Waals surface area contributed by atoms with Crippen LogP contribution < -0.4 is 15.4 Å². The summed E-state index contributed by atoms with van der Waals surface area (Å²) < 4.78 is 6.59. The number of nitrogens with one attached hydrogen (secondary N) is 2. The van der Waals surface area contributed by atoms with Gasteiger partial charge in [0.15, 0.2) is 10.1 Å². The van der Waals surface area contributed by atoms with Gasteiger partial charge in [0.05, 0.1) is 16.8 Å². The quantitative estimate of drug-likeness (QED) is 0.479. The molecule has 0 spiro atoms. The highest BCUT2D eigenvalue weighted by Gasteiger charge is 2.13. The van der Waals surface area contributed by atoms with Crippen molar-refractivity contribution in [3.8, 4) is 5.75 Å². The maximum Gasteiger partial charge on any atom is 0.286 e. The summed E-state index contributed by atoms with van der Waals surface area (Å²) in [4.78, 5) is 16.6. The van der Waals surface area contributed by atoms with Crippen LogP contribution >= 0.6 is 23.6 Å². The van der Waals surface area contributed by atoms with Crippen molar-refractivity contribution in [2.24, 2.45) is 0 Å². The number of thiazole rings is 1. The summed E-state index contributed by atoms with van der Waals surface area (Å²) in [5, 5.41) is 6.27. The van der Waals surface area contributed by atoms with Crippen molar-refractivity contribution >= 4 is 50.5 Å². The Morgan fingerprint density at radius 2 is 1.96 bits per heavy atom. The van der Waals surface area contributed by atoms with Gasteiger partial charge in [-0.25, -0.2) is 4.98 Å². The standard InChI is InChI=1S/C19H19N3O2S2/c1-2-3-12-24-14-10-8-13(9-11-14)20-19(25)22-17(23)18-21-15-6-4-5-7-16(15)26-18/h4-11H,2-3,12H2,1H3,(H2,20,22,23,25). The molecule has 0 unspecified atom stereocenters. The largest absolute Gasteiger partial charge is 0.494 e. The monoisotopic (exact) mass is 385 g/mol. The molecule has 2 aromatic carbocycles. The lowest BCUT2D eigenvalue weighted by molar-refractivity contribution is 0.0977. The van der Waals surface area contributed by atoms with Crippen molar-refractivity contribution < 1.29 is 9.53 Å². The molecule has 0 atom stereocenters. The Balaban J connectivity index is 1.55. The maximum atomic E-state index is 12.3. The second-order valence-electron chi connectivity index (χ2n) is 5.62. The Labute approximate surface area is 161 Å². The number of fused-ring (bicyclic) bond motifs is 1. The van der Waals surface area contributed by atoms with E-state index in [1.165, 1.54) is 11.3 Å². The topological polar surface area (TPSA) is 63.2 Å². The van der Waals surface area contributed by atoms with Gasteiger partial charge in [-0.3, -0.25) is 10.1 Å². The number of aromatic nitrogens is 1. The summed E-state index contributed by atoms with van der Waals surface area (Å²) in [5.74, 6) is 0.497. The number of ether oxygens (including phenoxy) is 1. The molecule has 1 amide bonds. The van der Waals surface area contributed by atoms with Gasteiger partial charge in [-0.15, -0.1) is 11.3 Å². The van der Waals surface area contributed by atoms with Crippen LogP contribution in [0.2, 0.25) is 0 Å². The smallest absolute Gasteiger partial charge is 0.286 e. The first-order valence-electron chi connectivity index (χ1n) is 8.36. The second-order valence-corrected chi connectivity index (χ2v) is 7.06. The number of carbonyl (C=O) groups is 1. The number of thiocarbonyl (C=S) groups is 1. The van der Waals surface area contributed by atoms with Crippen LogP contribution in [0.3, 0.4) is 0 Å². The zero-order valence-corrected chi connectivity index (χ0v) is 16.0. The number of anilines is 1. The first-order chi connectivity index (χ1) is 12.7. The normalized spacial score (nSPS) is 10.5. The van der Waals surface area contributed by atoms with E-state index in [1.54, 1.807) is 0 Å². The summed E-state index contributed by atoms with van der Waals surface area (Å²) >= 11 is 6.55. The van der Waals surface area contributed by atoms with Crippen LogP contribution in [-0.4, -0.2) is 22.6 Å². The van der Waals surface area contributed by atoms with Crippen LogP contribution in [0.5, 0.6) is 5.75 Å². The molecular formula is C19H19N3O2S2. The lowest BCUT2D eigenvalue weighted by Crippen LogP contribution is -2.34. The second kappa shape index (κ2) is 8.73. The van der Waals surface area contributed by atoms with Gasteiger partial charge in [-0.2, -0.15) is 0 Å². The number of hydrogen-bond donors (Lipinski definition) is 2. The molecule has 0 bridgehead atoms. The van der Waals surface area contributed by atoms with Gasteiger partial charge in [0.25, 0.3) is 5.91 Å². The number of amides is 1. The van der Waals surface area contributed by atoms with Crippen LogP contribution in [0.25, 0.3) is 10.2 Å². The zero-order valence-electron chi connectivity index (χ0n) is 14.3. The molecular weight excluding hydrogens is 366 g/mol. The van der Waals surface area contributed by atoms with E-state index >= 15 is 0 Å². The predicted molar refractivity (Wildman–Crippen MR) is 110 cm³/mol. The molecule has 1 heterocycles. The molecule has 2 N–H and O–H groups in total. The number of benzene rings is 2. The van der Waals surface area contributed by atoms with E-state index in [1.807, 2.05) is 48.5 Å². The molecule has 0 saturated carbocycles. The van der Waals surface area contributed by atoms with E-state index in [0.717, 1.165) is 34.5 Å². The minimum absolute atomic E-state index is 0.230. The minimum Gasteiger partial charge on any atom is -0.494 e. The first-order valence-corrected chi connectivity index (χ1v) is 9.59. The molecule has 0 aliphatic heterocycles. The Morgan fingerprint density at radius 1 is 1.19 bits per heavy atom. The molecule has 134 valence electrons. The fourth-order valence-electron chi connectivity index (χ4n) is 2.26. The third-order valence-electron chi connectivity index (χ3n) is 3.59. The molecule has 1 aromatic heterocycles. The summed E-state index contributed by atoms with van der Waals surface area (Å²) in [5.41, 5.74) is 1.59. The van der Waals surface area contributed by atoms with Crippen LogP contribution in [-0.2, 0) is 0 Å². The van der Waals surface area contributed by atoms with Crippen LogP contribution in [0.1, 0.15) is 29.6 Å². The summed E-state index contributed by atoms with van der Waals surface area (Å²) in [7, 11) is 0. The third kappa shape index (κ3) is 4.77. The van der Waals surface area contributed by atoms with Crippen molar-refractivity contribution in [3.05, 3.63) is 53.5 Å². The number of para-hydroxylation sites is 1. The molecule has 3 rings (SSSR count). The SMILES string of the molecule is CCCCOc1ccc(NC(=S)NC(=O)c2nc3ccccc3s2)cc1. The number of carbonyl (C=O) groups excluding carboxylic acids is 1. The van der Waals surface area contributed by atoms with Crippen LogP contribution in [0.4, 0.5) is 5.69 Å². The van der Waals surface area contributed by atoms with Crippen LogP contribution in [0, 0.1) is 0 Å². The third-order valence-corrected chi connectivity index (χ3v) is 4.83. The number of hydrogen-bond acceptors (Lipinski definition) is 5. The Hall–Kier alpha value is -2.51. The highest BCUT2D eigenvalue weighted by atomic mass is 32.1.